The molecule has 6 fully saturated rings. The molecule has 18 nitrogen and oxygen atoms in total. The Morgan fingerprint density at radius 1 is 0.423 bits per heavy atom. The van der Waals surface area contributed by atoms with E-state index in [1.807, 2.05) is 0 Å². The maximum Gasteiger partial charge on any atom is 1.00 e. The molecule has 0 radical (unpaired) electrons. The number of ether oxygens (including phenoxy) is 6. The van der Waals surface area contributed by atoms with Crippen LogP contribution in [0.15, 0.2) is 15.3 Å². The fraction of sp³-hybridized carbons (Fsp3) is 0.636. The topological polar surface area (TPSA) is 280 Å². The van der Waals surface area contributed by atoms with Crippen LogP contribution >= 0.6 is 0 Å². The molecule has 6 atom stereocenters. The summed E-state index contributed by atoms with van der Waals surface area (Å²) in [5, 5.41) is 11.2. The summed E-state index contributed by atoms with van der Waals surface area (Å²) >= 11 is 0. The first-order valence-electron chi connectivity index (χ1n) is 17.1. The first-order valence-corrected chi connectivity index (χ1v) is 17.1. The van der Waals surface area contributed by atoms with E-state index < -0.39 is 0 Å². The van der Waals surface area contributed by atoms with Crippen LogP contribution in [0.1, 0.15) is 124 Å². The van der Waals surface area contributed by atoms with Crippen molar-refractivity contribution in [2.45, 2.75) is 96.3 Å². The van der Waals surface area contributed by atoms with Crippen molar-refractivity contribution < 1.29 is 58.0 Å². The number of hydrogen-bond acceptors (Lipinski definition) is 9. The number of hydrogen-bond donors (Lipinski definition) is 0. The van der Waals surface area contributed by atoms with E-state index in [4.69, 9.17) is 56.1 Å². The van der Waals surface area contributed by atoms with Crippen molar-refractivity contribution in [2.24, 2.45) is 15.3 Å². The molecular formula is C33H39N12NaO6. The Morgan fingerprint density at radius 2 is 0.596 bits per heavy atom. The van der Waals surface area contributed by atoms with Gasteiger partial charge in [0.2, 0.25) is 0 Å². The zero-order valence-corrected chi connectivity index (χ0v) is 31.8. The van der Waals surface area contributed by atoms with Gasteiger partial charge in [-0.15, -0.1) is 0 Å². The van der Waals surface area contributed by atoms with Crippen LogP contribution in [0, 0.1) is 0 Å². The standard InChI is InChI=1S/C18H24O3.C15H15N9O3.N3.Na/c1-4-10-16(13-7-19-13)11(5-2)18(15-9-21-15)12(6-3)17(10)14-8-20-14;16-22-19-1-7-13(10-4-25-10)8(2-20-23-17)15(12-6-27-12)9(3-21-24-18)14(7)11-5-26-11;1-3-2;/h13-15H,4-9H2,1-3H3;10-12H,1-6H2;;/q;;-1;+1/t13-,14-,15+;10-,11-,12+;;/m11../s1. The summed E-state index contributed by atoms with van der Waals surface area (Å²) in [6, 6.07) is 0. The maximum absolute atomic E-state index is 8.83. The molecule has 0 unspecified atom stereocenters. The van der Waals surface area contributed by atoms with Crippen LogP contribution in [-0.2, 0) is 67.3 Å². The summed E-state index contributed by atoms with van der Waals surface area (Å²) in [5.41, 5.74) is 53.9. The van der Waals surface area contributed by atoms with E-state index in [1.54, 1.807) is 0 Å². The molecule has 52 heavy (non-hydrogen) atoms. The zero-order chi connectivity index (χ0) is 36.1. The van der Waals surface area contributed by atoms with E-state index in [0.717, 1.165) is 72.5 Å². The third-order valence-corrected chi connectivity index (χ3v) is 9.77. The first kappa shape index (κ1) is 39.6. The van der Waals surface area contributed by atoms with Crippen molar-refractivity contribution in [1.29, 1.82) is 0 Å². The number of azide groups is 3. The molecular weight excluding hydrogens is 683 g/mol. The maximum atomic E-state index is 8.83. The quantitative estimate of drug-likeness (QED) is 0.0720. The van der Waals surface area contributed by atoms with Gasteiger partial charge in [0.1, 0.15) is 36.6 Å². The summed E-state index contributed by atoms with van der Waals surface area (Å²) in [6.07, 6.45) is 3.69. The Morgan fingerprint density at radius 3 is 0.731 bits per heavy atom. The van der Waals surface area contributed by atoms with Crippen LogP contribution < -0.4 is 29.6 Å². The van der Waals surface area contributed by atoms with E-state index >= 15 is 0 Å². The third kappa shape index (κ3) is 8.79. The Balaban J connectivity index is 0.000000188. The summed E-state index contributed by atoms with van der Waals surface area (Å²) in [5.74, 6) is 0. The molecule has 19 heteroatoms. The van der Waals surface area contributed by atoms with Gasteiger partial charge in [0, 0.05) is 14.7 Å². The van der Waals surface area contributed by atoms with E-state index in [0.29, 0.717) is 38.1 Å². The molecule has 0 spiro atoms. The molecule has 0 aromatic heterocycles. The molecule has 8 rings (SSSR count). The van der Waals surface area contributed by atoms with Crippen molar-refractivity contribution in [3.63, 3.8) is 0 Å². The van der Waals surface area contributed by atoms with Gasteiger partial charge in [0.15, 0.2) is 0 Å². The SMILES string of the molecule is CCc1c([C@@H]2CO2)c(CC)c([C@H]2CO2)c(CC)c1[C@H]1CO1.[N-]=[N+]=NCc1c([C@@H]2CO2)c(CN=[N+]=[N-])c([C@H]2CO2)c(CN=[N+]=[N-])c1[C@H]1CO1.[N-]=[N+]=[N-].[Na+]. The second-order valence-corrected chi connectivity index (χ2v) is 12.6. The van der Waals surface area contributed by atoms with Gasteiger partial charge < -0.3 is 39.5 Å². The van der Waals surface area contributed by atoms with E-state index in [-0.39, 0.29) is 67.5 Å². The smallest absolute Gasteiger partial charge is 0.373 e. The molecule has 2 aromatic carbocycles. The van der Waals surface area contributed by atoms with Gasteiger partial charge in [0.05, 0.1) is 59.3 Å². The zero-order valence-electron chi connectivity index (χ0n) is 29.8. The Labute approximate surface area is 322 Å². The first-order chi connectivity index (χ1) is 25.0. The van der Waals surface area contributed by atoms with Crippen molar-refractivity contribution >= 4 is 0 Å². The van der Waals surface area contributed by atoms with Crippen molar-refractivity contribution in [2.75, 3.05) is 39.6 Å². The normalized spacial score (nSPS) is 24.7. The van der Waals surface area contributed by atoms with Crippen LogP contribution in [0.25, 0.3) is 47.3 Å². The molecule has 0 bridgehead atoms. The predicted molar refractivity (Wildman–Crippen MR) is 182 cm³/mol. The minimum atomic E-state index is -0.152. The summed E-state index contributed by atoms with van der Waals surface area (Å²) < 4.78 is 33.6. The second kappa shape index (κ2) is 18.0. The molecule has 0 N–H and O–H groups in total. The molecule has 6 heterocycles. The van der Waals surface area contributed by atoms with Crippen molar-refractivity contribution in [1.82, 2.24) is 0 Å². The Bertz CT molecular complexity index is 1600. The van der Waals surface area contributed by atoms with Crippen molar-refractivity contribution in [3.05, 3.63) is 114 Å². The van der Waals surface area contributed by atoms with Gasteiger partial charge in [-0.2, -0.15) is 0 Å². The largest absolute Gasteiger partial charge is 1.00 e. The molecule has 6 aliphatic rings. The molecule has 6 saturated heterocycles. The van der Waals surface area contributed by atoms with Gasteiger partial charge in [-0.05, 0) is 103 Å². The summed E-state index contributed by atoms with van der Waals surface area (Å²) in [6.45, 7) is 11.4. The van der Waals surface area contributed by atoms with Crippen LogP contribution in [0.5, 0.6) is 0 Å². The molecule has 268 valence electrons. The predicted octanol–water partition coefficient (Wildman–Crippen LogP) is 5.79. The van der Waals surface area contributed by atoms with Crippen LogP contribution in [0.3, 0.4) is 0 Å². The minimum Gasteiger partial charge on any atom is -0.373 e. The van der Waals surface area contributed by atoms with Crippen LogP contribution in [0.4, 0.5) is 0 Å². The monoisotopic (exact) mass is 722 g/mol. The van der Waals surface area contributed by atoms with Gasteiger partial charge in [-0.25, -0.2) is 0 Å². The number of epoxide rings is 6. The molecule has 0 aliphatic carbocycles. The van der Waals surface area contributed by atoms with E-state index in [9.17, 15) is 0 Å². The average Bonchev–Trinajstić information content (AvgIpc) is 3.94. The average molecular weight is 723 g/mol. The Kier molecular flexibility index (Phi) is 13.7. The second-order valence-electron chi connectivity index (χ2n) is 12.6. The molecule has 0 amide bonds. The van der Waals surface area contributed by atoms with Gasteiger partial charge >= 0.3 is 29.6 Å². The van der Waals surface area contributed by atoms with Gasteiger partial charge in [0.25, 0.3) is 0 Å². The Hall–Kier alpha value is -3.56. The van der Waals surface area contributed by atoms with E-state index in [1.165, 1.54) is 38.3 Å². The molecule has 6 aliphatic heterocycles. The molecule has 0 saturated carbocycles. The van der Waals surface area contributed by atoms with Gasteiger partial charge in [-0.3, -0.25) is 4.91 Å². The van der Waals surface area contributed by atoms with Crippen LogP contribution in [0.2, 0.25) is 0 Å². The summed E-state index contributed by atoms with van der Waals surface area (Å²) in [4.78, 5) is 10.1. The van der Waals surface area contributed by atoms with Crippen LogP contribution in [-0.4, -0.2) is 39.6 Å². The minimum absolute atomic E-state index is 0. The van der Waals surface area contributed by atoms with Crippen molar-refractivity contribution in [3.8, 4) is 0 Å². The number of benzene rings is 2. The summed E-state index contributed by atoms with van der Waals surface area (Å²) in [7, 11) is 0. The van der Waals surface area contributed by atoms with E-state index in [2.05, 4.69) is 50.8 Å². The fourth-order valence-electron chi connectivity index (χ4n) is 7.54. The third-order valence-electron chi connectivity index (χ3n) is 9.77. The fourth-order valence-corrected chi connectivity index (χ4v) is 7.54. The number of nitrogens with zero attached hydrogens (tertiary/aromatic N) is 12. The number of rotatable bonds is 15. The van der Waals surface area contributed by atoms with Gasteiger partial charge in [-0.1, -0.05) is 36.1 Å². The molecule has 2 aromatic rings.